The Labute approximate surface area is 308 Å². The Morgan fingerprint density at radius 1 is 0.596 bits per heavy atom. The van der Waals surface area contributed by atoms with Gasteiger partial charge < -0.3 is 0 Å². The maximum absolute atomic E-state index is 9.53. The molecule has 0 aliphatic heterocycles. The number of nitriles is 1. The van der Waals surface area contributed by atoms with Crippen molar-refractivity contribution >= 4 is 0 Å². The van der Waals surface area contributed by atoms with Crippen LogP contribution in [0, 0.1) is 23.2 Å². The predicted octanol–water partition coefficient (Wildman–Crippen LogP) is 12.2. The van der Waals surface area contributed by atoms with Gasteiger partial charge in [0.05, 0.1) is 11.6 Å². The topological polar surface area (TPSA) is 62.5 Å². The van der Waals surface area contributed by atoms with Crippen LogP contribution in [-0.2, 0) is 10.8 Å². The number of fused-ring (bicyclic) bond motifs is 3. The second-order valence-electron chi connectivity index (χ2n) is 15.9. The SMILES string of the molecule is CCC1(c2ccc(-c3nc(-c4ccccc4)nc(-c4ccc(-c5ccc6c(c5)-c5ccc(C#N)cc5C6(C)C)cc4)n3)cc2)C[C@H](C)CC[C@H](C)C1. The summed E-state index contributed by atoms with van der Waals surface area (Å²) in [5, 5.41) is 9.53. The van der Waals surface area contributed by atoms with E-state index in [9.17, 15) is 5.26 Å². The Morgan fingerprint density at radius 2 is 1.13 bits per heavy atom. The standard InChI is InChI=1S/C48H46N4/c1-6-48(28-31(2)12-13-32(3)29-48)39-22-19-37(20-23-39)46-51-44(35-10-8-7-9-11-35)50-45(52-46)36-17-15-34(16-18-36)38-21-25-42-41(27-38)40-24-14-33(30-49)26-43(40)47(42,4)5/h7-11,14-27,31-32H,6,12-13,28-29H2,1-5H3/t31-,32+,48?. The van der Waals surface area contributed by atoms with Gasteiger partial charge >= 0.3 is 0 Å². The van der Waals surface area contributed by atoms with Crippen LogP contribution in [0.1, 0.15) is 89.0 Å². The zero-order chi connectivity index (χ0) is 36.0. The molecule has 0 radical (unpaired) electrons. The molecule has 1 heterocycles. The molecule has 258 valence electrons. The third-order valence-corrected chi connectivity index (χ3v) is 12.0. The van der Waals surface area contributed by atoms with Crippen LogP contribution < -0.4 is 0 Å². The fraction of sp³-hybridized carbons (Fsp3) is 0.292. The molecule has 52 heavy (non-hydrogen) atoms. The molecule has 1 unspecified atom stereocenters. The zero-order valence-corrected chi connectivity index (χ0v) is 30.9. The number of nitrogens with zero attached hydrogens (tertiary/aromatic N) is 4. The minimum Gasteiger partial charge on any atom is -0.208 e. The third-order valence-electron chi connectivity index (χ3n) is 12.0. The van der Waals surface area contributed by atoms with Gasteiger partial charge in [0.15, 0.2) is 17.5 Å². The minimum absolute atomic E-state index is 0.156. The summed E-state index contributed by atoms with van der Waals surface area (Å²) in [4.78, 5) is 15.1. The Hall–Kier alpha value is -5.40. The average molecular weight is 679 g/mol. The Morgan fingerprint density at radius 3 is 1.71 bits per heavy atom. The molecule has 1 aromatic heterocycles. The molecular weight excluding hydrogens is 633 g/mol. The lowest BCUT2D eigenvalue weighted by atomic mass is 9.69. The number of benzene rings is 5. The van der Waals surface area contributed by atoms with E-state index in [-0.39, 0.29) is 10.8 Å². The van der Waals surface area contributed by atoms with Crippen molar-refractivity contribution in [2.75, 3.05) is 0 Å². The van der Waals surface area contributed by atoms with E-state index in [0.29, 0.717) is 23.0 Å². The van der Waals surface area contributed by atoms with Gasteiger partial charge in [-0.15, -0.1) is 0 Å². The van der Waals surface area contributed by atoms with Gasteiger partial charge in [0, 0.05) is 22.1 Å². The van der Waals surface area contributed by atoms with Crippen molar-refractivity contribution in [1.29, 1.82) is 5.26 Å². The highest BCUT2D eigenvalue weighted by atomic mass is 15.0. The minimum atomic E-state index is -0.156. The first-order valence-electron chi connectivity index (χ1n) is 18.9. The normalized spacial score (nSPS) is 20.4. The van der Waals surface area contributed by atoms with Crippen LogP contribution in [0.3, 0.4) is 0 Å². The van der Waals surface area contributed by atoms with Gasteiger partial charge in [-0.25, -0.2) is 15.0 Å². The summed E-state index contributed by atoms with van der Waals surface area (Å²) in [6.07, 6.45) is 6.30. The first kappa shape index (κ1) is 33.7. The highest BCUT2D eigenvalue weighted by Crippen LogP contribution is 2.50. The summed E-state index contributed by atoms with van der Waals surface area (Å²) in [6, 6.07) is 43.0. The predicted molar refractivity (Wildman–Crippen MR) is 213 cm³/mol. The second-order valence-corrected chi connectivity index (χ2v) is 15.9. The van der Waals surface area contributed by atoms with Crippen molar-refractivity contribution < 1.29 is 0 Å². The Balaban J connectivity index is 1.14. The van der Waals surface area contributed by atoms with E-state index in [1.165, 1.54) is 53.5 Å². The summed E-state index contributed by atoms with van der Waals surface area (Å²) in [5.41, 5.74) is 12.4. The molecule has 8 rings (SSSR count). The van der Waals surface area contributed by atoms with Crippen molar-refractivity contribution in [3.8, 4) is 62.5 Å². The van der Waals surface area contributed by atoms with E-state index in [1.807, 2.05) is 30.3 Å². The van der Waals surface area contributed by atoms with Crippen molar-refractivity contribution in [2.24, 2.45) is 11.8 Å². The highest BCUT2D eigenvalue weighted by molar-refractivity contribution is 5.85. The highest BCUT2D eigenvalue weighted by Gasteiger charge is 2.37. The lowest BCUT2D eigenvalue weighted by Gasteiger charge is -2.35. The fourth-order valence-corrected chi connectivity index (χ4v) is 9.06. The molecule has 1 saturated carbocycles. The Bertz CT molecular complexity index is 2280. The van der Waals surface area contributed by atoms with Crippen molar-refractivity contribution in [2.45, 2.75) is 77.6 Å². The molecule has 6 aromatic rings. The largest absolute Gasteiger partial charge is 0.208 e. The molecule has 3 atom stereocenters. The van der Waals surface area contributed by atoms with E-state index in [2.05, 4.69) is 126 Å². The molecule has 0 bridgehead atoms. The number of hydrogen-bond acceptors (Lipinski definition) is 4. The van der Waals surface area contributed by atoms with Gasteiger partial charge in [-0.05, 0) is 93.7 Å². The van der Waals surface area contributed by atoms with Crippen LogP contribution in [-0.4, -0.2) is 15.0 Å². The average Bonchev–Trinajstić information content (AvgIpc) is 3.29. The first-order chi connectivity index (χ1) is 25.2. The lowest BCUT2D eigenvalue weighted by Crippen LogP contribution is -2.28. The molecule has 0 saturated heterocycles. The van der Waals surface area contributed by atoms with E-state index in [4.69, 9.17) is 15.0 Å². The quantitative estimate of drug-likeness (QED) is 0.165. The Kier molecular flexibility index (Phi) is 8.62. The van der Waals surface area contributed by atoms with Crippen LogP contribution >= 0.6 is 0 Å². The van der Waals surface area contributed by atoms with E-state index in [1.54, 1.807) is 0 Å². The zero-order valence-electron chi connectivity index (χ0n) is 30.9. The lowest BCUT2D eigenvalue weighted by molar-refractivity contribution is 0.295. The molecular formula is C48H46N4. The van der Waals surface area contributed by atoms with Gasteiger partial charge in [-0.3, -0.25) is 0 Å². The van der Waals surface area contributed by atoms with Crippen LogP contribution in [0.2, 0.25) is 0 Å². The summed E-state index contributed by atoms with van der Waals surface area (Å²) in [7, 11) is 0. The van der Waals surface area contributed by atoms with Gasteiger partial charge in [0.1, 0.15) is 0 Å². The number of hydrogen-bond donors (Lipinski definition) is 0. The molecule has 4 nitrogen and oxygen atoms in total. The summed E-state index contributed by atoms with van der Waals surface area (Å²) < 4.78 is 0. The molecule has 2 aliphatic carbocycles. The van der Waals surface area contributed by atoms with E-state index < -0.39 is 0 Å². The first-order valence-corrected chi connectivity index (χ1v) is 18.9. The van der Waals surface area contributed by atoms with Crippen LogP contribution in [0.5, 0.6) is 0 Å². The van der Waals surface area contributed by atoms with Gasteiger partial charge in [0.2, 0.25) is 0 Å². The molecule has 0 N–H and O–H groups in total. The maximum atomic E-state index is 9.53. The van der Waals surface area contributed by atoms with Crippen LogP contribution in [0.15, 0.2) is 115 Å². The summed E-state index contributed by atoms with van der Waals surface area (Å²) in [5.74, 6) is 3.49. The van der Waals surface area contributed by atoms with Crippen molar-refractivity contribution in [3.63, 3.8) is 0 Å². The number of rotatable bonds is 6. The molecule has 1 fully saturated rings. The van der Waals surface area contributed by atoms with Gasteiger partial charge in [0.25, 0.3) is 0 Å². The fourth-order valence-electron chi connectivity index (χ4n) is 9.06. The molecule has 0 spiro atoms. The summed E-state index contributed by atoms with van der Waals surface area (Å²) in [6.45, 7) is 11.7. The van der Waals surface area contributed by atoms with Crippen molar-refractivity contribution in [1.82, 2.24) is 15.0 Å². The monoisotopic (exact) mass is 678 g/mol. The van der Waals surface area contributed by atoms with Gasteiger partial charge in [-0.2, -0.15) is 5.26 Å². The smallest absolute Gasteiger partial charge is 0.164 e. The molecule has 4 heteroatoms. The molecule has 0 amide bonds. The van der Waals surface area contributed by atoms with Crippen LogP contribution in [0.4, 0.5) is 0 Å². The second kappa shape index (κ2) is 13.3. The number of aromatic nitrogens is 3. The maximum Gasteiger partial charge on any atom is 0.164 e. The van der Waals surface area contributed by atoms with E-state index in [0.717, 1.165) is 46.1 Å². The van der Waals surface area contributed by atoms with Gasteiger partial charge in [-0.1, -0.05) is 145 Å². The molecule has 5 aromatic carbocycles. The summed E-state index contributed by atoms with van der Waals surface area (Å²) >= 11 is 0. The van der Waals surface area contributed by atoms with Crippen LogP contribution in [0.25, 0.3) is 56.4 Å². The third kappa shape index (κ3) is 6.03. The molecule has 2 aliphatic rings. The van der Waals surface area contributed by atoms with E-state index >= 15 is 0 Å². The van der Waals surface area contributed by atoms with Crippen molar-refractivity contribution in [3.05, 3.63) is 138 Å².